The normalized spacial score (nSPS) is 11.6. The third-order valence-corrected chi connectivity index (χ3v) is 6.63. The molecule has 1 aromatic carbocycles. The molecular weight excluding hydrogens is 414 g/mol. The van der Waals surface area contributed by atoms with Crippen LogP contribution >= 0.6 is 21.6 Å². The fourth-order valence-electron chi connectivity index (χ4n) is 1.90. The molecule has 0 spiro atoms. The fraction of sp³-hybridized carbons (Fsp3) is 0.500. The molecule has 0 N–H and O–H groups in total. The number of benzene rings is 1. The van der Waals surface area contributed by atoms with Crippen molar-refractivity contribution in [2.75, 3.05) is 19.4 Å². The summed E-state index contributed by atoms with van der Waals surface area (Å²) in [7, 11) is 4.47. The molecule has 0 aromatic heterocycles. The topological polar surface area (TPSA) is 128 Å². The van der Waals surface area contributed by atoms with Crippen molar-refractivity contribution in [2.24, 2.45) is 5.11 Å². The van der Waals surface area contributed by atoms with E-state index >= 15 is 0 Å². The van der Waals surface area contributed by atoms with Crippen LogP contribution in [0.1, 0.15) is 26.3 Å². The van der Waals surface area contributed by atoms with Gasteiger partial charge in [0.1, 0.15) is 18.7 Å². The second-order valence-electron chi connectivity index (χ2n) is 6.78. The van der Waals surface area contributed by atoms with Crippen molar-refractivity contribution in [3.8, 4) is 6.07 Å². The van der Waals surface area contributed by atoms with E-state index in [1.807, 2.05) is 20.8 Å². The van der Waals surface area contributed by atoms with Crippen molar-refractivity contribution in [3.63, 3.8) is 0 Å². The zero-order valence-corrected chi connectivity index (χ0v) is 18.3. The van der Waals surface area contributed by atoms with E-state index in [4.69, 9.17) is 20.3 Å². The van der Waals surface area contributed by atoms with Gasteiger partial charge in [-0.25, -0.2) is 9.59 Å². The molecule has 0 bridgehead atoms. The van der Waals surface area contributed by atoms with Gasteiger partial charge in [0, 0.05) is 28.1 Å². The number of esters is 1. The predicted molar refractivity (Wildman–Crippen MR) is 113 cm³/mol. The fourth-order valence-corrected chi connectivity index (χ4v) is 4.46. The molecule has 0 aliphatic rings. The zero-order chi connectivity index (χ0) is 21.9. The third kappa shape index (κ3) is 9.47. The van der Waals surface area contributed by atoms with Gasteiger partial charge in [-0.2, -0.15) is 5.26 Å². The van der Waals surface area contributed by atoms with E-state index in [1.165, 1.54) is 22.7 Å². The van der Waals surface area contributed by atoms with Gasteiger partial charge in [0.2, 0.25) is 0 Å². The number of hydrogen-bond donors (Lipinski definition) is 0. The van der Waals surface area contributed by atoms with Crippen LogP contribution in [0.25, 0.3) is 10.4 Å². The minimum Gasteiger partial charge on any atom is -0.449 e. The lowest BCUT2D eigenvalue weighted by Gasteiger charge is -2.26. The Labute approximate surface area is 177 Å². The van der Waals surface area contributed by atoms with Crippen LogP contribution < -0.4 is 0 Å². The summed E-state index contributed by atoms with van der Waals surface area (Å²) >= 11 is 0. The third-order valence-electron chi connectivity index (χ3n) is 3.30. The smallest absolute Gasteiger partial charge is 0.410 e. The largest absolute Gasteiger partial charge is 0.449 e. The molecule has 0 heterocycles. The summed E-state index contributed by atoms with van der Waals surface area (Å²) in [5.41, 5.74) is 9.56. The number of carbonyl (C=O) groups is 2. The minimum atomic E-state index is -0.886. The number of ether oxygens (including phenoxy) is 2. The number of azide groups is 1. The summed E-state index contributed by atoms with van der Waals surface area (Å²) in [4.78, 5) is 28.6. The first kappa shape index (κ1) is 24.5. The first-order chi connectivity index (χ1) is 13.7. The van der Waals surface area contributed by atoms with Crippen molar-refractivity contribution >= 4 is 39.3 Å². The maximum atomic E-state index is 12.4. The van der Waals surface area contributed by atoms with Crippen LogP contribution in [0.4, 0.5) is 10.5 Å². The molecule has 0 aliphatic heterocycles. The molecule has 29 heavy (non-hydrogen) atoms. The molecule has 0 fully saturated rings. The van der Waals surface area contributed by atoms with Crippen LogP contribution in [0, 0.1) is 11.3 Å². The number of rotatable bonds is 9. The summed E-state index contributed by atoms with van der Waals surface area (Å²) in [5.74, 6) is -0.370. The molecule has 1 rings (SSSR count). The lowest BCUT2D eigenvalue weighted by Crippen LogP contribution is -2.45. The summed E-state index contributed by atoms with van der Waals surface area (Å²) in [6.45, 7) is 5.73. The summed E-state index contributed by atoms with van der Waals surface area (Å²) in [6, 6.07) is 7.41. The SMILES string of the molecule is CN(C(=O)OCc1ccc(N=[N+]=[N-])cc1)[C@@H](CSSC(C)(C)C)C(=O)OCC#N. The summed E-state index contributed by atoms with van der Waals surface area (Å²) < 4.78 is 10.1. The quantitative estimate of drug-likeness (QED) is 0.178. The predicted octanol–water partition coefficient (Wildman–Crippen LogP) is 4.81. The number of amides is 1. The number of nitriles is 1. The van der Waals surface area contributed by atoms with E-state index in [2.05, 4.69) is 10.0 Å². The number of likely N-dealkylation sites (N-methyl/N-ethyl adjacent to an activating group) is 1. The first-order valence-corrected chi connectivity index (χ1v) is 10.9. The van der Waals surface area contributed by atoms with E-state index in [0.717, 1.165) is 0 Å². The van der Waals surface area contributed by atoms with Gasteiger partial charge in [0.25, 0.3) is 0 Å². The lowest BCUT2D eigenvalue weighted by molar-refractivity contribution is -0.146. The highest BCUT2D eigenvalue weighted by Gasteiger charge is 2.30. The summed E-state index contributed by atoms with van der Waals surface area (Å²) in [5, 5.41) is 12.1. The average molecular weight is 438 g/mol. The van der Waals surface area contributed by atoms with Crippen molar-refractivity contribution in [2.45, 2.75) is 38.2 Å². The maximum absolute atomic E-state index is 12.4. The standard InChI is InChI=1S/C18H23N5O4S2/c1-18(2,3)29-28-12-15(16(24)26-10-9-19)23(4)17(25)27-11-13-5-7-14(8-6-13)21-22-20/h5-8,15H,10-12H2,1-4H3/t15-/m0/s1. The van der Waals surface area contributed by atoms with Gasteiger partial charge in [-0.3, -0.25) is 4.90 Å². The van der Waals surface area contributed by atoms with Crippen LogP contribution in [-0.2, 0) is 20.9 Å². The van der Waals surface area contributed by atoms with Gasteiger partial charge in [-0.05, 0) is 11.1 Å². The highest BCUT2D eigenvalue weighted by molar-refractivity contribution is 8.77. The van der Waals surface area contributed by atoms with E-state index in [0.29, 0.717) is 17.0 Å². The monoisotopic (exact) mass is 437 g/mol. The molecule has 0 unspecified atom stereocenters. The molecule has 9 nitrogen and oxygen atoms in total. The van der Waals surface area contributed by atoms with Crippen LogP contribution in [0.5, 0.6) is 0 Å². The summed E-state index contributed by atoms with van der Waals surface area (Å²) in [6.07, 6.45) is -0.690. The van der Waals surface area contributed by atoms with Gasteiger partial charge in [0.15, 0.2) is 6.61 Å². The highest BCUT2D eigenvalue weighted by Crippen LogP contribution is 2.35. The Morgan fingerprint density at radius 3 is 2.52 bits per heavy atom. The van der Waals surface area contributed by atoms with Crippen molar-refractivity contribution in [1.82, 2.24) is 4.90 Å². The van der Waals surface area contributed by atoms with Crippen molar-refractivity contribution in [1.29, 1.82) is 5.26 Å². The van der Waals surface area contributed by atoms with E-state index < -0.39 is 18.1 Å². The molecule has 0 aliphatic carbocycles. The second-order valence-corrected chi connectivity index (χ2v) is 9.95. The Kier molecular flexibility index (Phi) is 10.2. The molecule has 1 amide bonds. The van der Waals surface area contributed by atoms with Crippen LogP contribution in [-0.4, -0.2) is 47.2 Å². The van der Waals surface area contributed by atoms with Gasteiger partial charge in [-0.15, -0.1) is 0 Å². The Hall–Kier alpha value is -2.54. The molecule has 0 radical (unpaired) electrons. The van der Waals surface area contributed by atoms with Gasteiger partial charge < -0.3 is 9.47 Å². The van der Waals surface area contributed by atoms with E-state index in [9.17, 15) is 9.59 Å². The van der Waals surface area contributed by atoms with Gasteiger partial charge >= 0.3 is 12.1 Å². The second kappa shape index (κ2) is 12.1. The van der Waals surface area contributed by atoms with E-state index in [1.54, 1.807) is 41.1 Å². The molecular formula is C18H23N5O4S2. The number of carbonyl (C=O) groups excluding carboxylic acids is 2. The molecule has 0 saturated carbocycles. The molecule has 156 valence electrons. The van der Waals surface area contributed by atoms with Crippen LogP contribution in [0.15, 0.2) is 29.4 Å². The Morgan fingerprint density at radius 2 is 1.97 bits per heavy atom. The van der Waals surface area contributed by atoms with Crippen molar-refractivity contribution < 1.29 is 19.1 Å². The molecule has 11 heteroatoms. The molecule has 1 aromatic rings. The molecule has 0 saturated heterocycles. The Balaban J connectivity index is 2.72. The van der Waals surface area contributed by atoms with Crippen molar-refractivity contribution in [3.05, 3.63) is 40.3 Å². The Bertz CT molecular complexity index is 783. The van der Waals surface area contributed by atoms with Gasteiger partial charge in [-0.1, -0.05) is 71.7 Å². The number of hydrogen-bond acceptors (Lipinski definition) is 8. The minimum absolute atomic E-state index is 0.0103. The first-order valence-electron chi connectivity index (χ1n) is 8.55. The average Bonchev–Trinajstić information content (AvgIpc) is 2.67. The van der Waals surface area contributed by atoms with Crippen LogP contribution in [0.3, 0.4) is 0 Å². The maximum Gasteiger partial charge on any atom is 0.410 e. The highest BCUT2D eigenvalue weighted by atomic mass is 33.1. The number of nitrogens with zero attached hydrogens (tertiary/aromatic N) is 5. The van der Waals surface area contributed by atoms with Gasteiger partial charge in [0.05, 0.1) is 0 Å². The van der Waals surface area contributed by atoms with E-state index in [-0.39, 0.29) is 18.0 Å². The lowest BCUT2D eigenvalue weighted by atomic mass is 10.2. The Morgan fingerprint density at radius 1 is 1.31 bits per heavy atom. The van der Waals surface area contributed by atoms with Crippen LogP contribution in [0.2, 0.25) is 0 Å². The molecule has 1 atom stereocenters. The zero-order valence-electron chi connectivity index (χ0n) is 16.7.